The normalized spacial score (nSPS) is 18.3. The van der Waals surface area contributed by atoms with E-state index in [4.69, 9.17) is 0 Å². The van der Waals surface area contributed by atoms with E-state index in [1.54, 1.807) is 6.20 Å². The average molecular weight is 316 g/mol. The molecule has 23 heavy (non-hydrogen) atoms. The Morgan fingerprint density at radius 3 is 3.13 bits per heavy atom. The van der Waals surface area contributed by atoms with Gasteiger partial charge in [0.05, 0.1) is 6.54 Å². The zero-order valence-corrected chi connectivity index (χ0v) is 13.6. The smallest absolute Gasteiger partial charge is 0.165 e. The van der Waals surface area contributed by atoms with Crippen LogP contribution in [0.5, 0.6) is 0 Å². The molecule has 0 spiro atoms. The third-order valence-electron chi connectivity index (χ3n) is 4.18. The maximum absolute atomic E-state index is 4.21. The zero-order valence-electron chi connectivity index (χ0n) is 13.6. The minimum atomic E-state index is 0.419. The van der Waals surface area contributed by atoms with Crippen LogP contribution in [0.1, 0.15) is 38.4 Å². The summed E-state index contributed by atoms with van der Waals surface area (Å²) in [6.45, 7) is 5.73. The van der Waals surface area contributed by atoms with Crippen LogP contribution in [0.25, 0.3) is 0 Å². The number of unbranched alkanes of at least 4 members (excludes halogenated alkanes) is 1. The van der Waals surface area contributed by atoms with E-state index in [2.05, 4.69) is 42.9 Å². The van der Waals surface area contributed by atoms with Crippen LogP contribution < -0.4 is 10.2 Å². The molecule has 3 rings (SSSR count). The lowest BCUT2D eigenvalue weighted by molar-refractivity contribution is 0.407. The van der Waals surface area contributed by atoms with Gasteiger partial charge in [0.2, 0.25) is 0 Å². The predicted octanol–water partition coefficient (Wildman–Crippen LogP) is 1.02. The van der Waals surface area contributed by atoms with Crippen molar-refractivity contribution in [2.45, 2.75) is 51.7 Å². The summed E-state index contributed by atoms with van der Waals surface area (Å²) in [6.07, 6.45) is 6.26. The molecule has 1 aliphatic heterocycles. The third kappa shape index (κ3) is 4.22. The molecule has 0 bridgehead atoms. The van der Waals surface area contributed by atoms with Crippen molar-refractivity contribution in [2.75, 3.05) is 18.0 Å². The Morgan fingerprint density at radius 2 is 2.30 bits per heavy atom. The van der Waals surface area contributed by atoms with Crippen molar-refractivity contribution in [2.24, 2.45) is 0 Å². The number of piperidine rings is 1. The number of nitrogens with zero attached hydrogens (tertiary/aromatic N) is 7. The molecule has 2 aromatic rings. The Kier molecular flexibility index (Phi) is 5.46. The number of nitrogens with one attached hydrogen (secondary N) is 1. The van der Waals surface area contributed by atoms with Crippen LogP contribution in [0.2, 0.25) is 0 Å². The van der Waals surface area contributed by atoms with Gasteiger partial charge in [-0.2, -0.15) is 5.10 Å². The van der Waals surface area contributed by atoms with Gasteiger partial charge in [0.25, 0.3) is 0 Å². The number of aromatic nitrogens is 6. The Balaban J connectivity index is 1.53. The standard InChI is InChI=1S/C15H24N8/c1-2-3-10-23-15(19-20-21-23)11-16-13-6-5-9-22(12-13)14-7-4-8-17-18-14/h4,7-8,13,16H,2-3,5-6,9-12H2,1H3. The summed E-state index contributed by atoms with van der Waals surface area (Å²) in [5.41, 5.74) is 0. The first-order chi connectivity index (χ1) is 11.4. The number of rotatable bonds is 7. The topological polar surface area (TPSA) is 84.7 Å². The lowest BCUT2D eigenvalue weighted by atomic mass is 10.1. The van der Waals surface area contributed by atoms with Crippen LogP contribution in [-0.4, -0.2) is 49.5 Å². The molecule has 8 nitrogen and oxygen atoms in total. The van der Waals surface area contributed by atoms with Crippen molar-refractivity contribution in [1.29, 1.82) is 0 Å². The maximum Gasteiger partial charge on any atom is 0.165 e. The fourth-order valence-corrected chi connectivity index (χ4v) is 2.88. The van der Waals surface area contributed by atoms with Gasteiger partial charge in [0, 0.05) is 31.9 Å². The first kappa shape index (κ1) is 15.8. The Hall–Kier alpha value is -2.09. The van der Waals surface area contributed by atoms with E-state index < -0.39 is 0 Å². The van der Waals surface area contributed by atoms with Gasteiger partial charge in [-0.3, -0.25) is 0 Å². The van der Waals surface area contributed by atoms with E-state index in [0.29, 0.717) is 12.6 Å². The molecule has 124 valence electrons. The Bertz CT molecular complexity index is 584. The molecule has 2 aromatic heterocycles. The SMILES string of the molecule is CCCCn1nnnc1CNC1CCCN(c2cccnn2)C1. The second kappa shape index (κ2) is 7.96. The second-order valence-electron chi connectivity index (χ2n) is 5.92. The molecular weight excluding hydrogens is 292 g/mol. The van der Waals surface area contributed by atoms with E-state index in [1.165, 1.54) is 0 Å². The first-order valence-corrected chi connectivity index (χ1v) is 8.38. The van der Waals surface area contributed by atoms with Gasteiger partial charge in [-0.05, 0) is 41.8 Å². The van der Waals surface area contributed by atoms with Gasteiger partial charge in [-0.25, -0.2) is 4.68 Å². The van der Waals surface area contributed by atoms with E-state index in [9.17, 15) is 0 Å². The molecular formula is C15H24N8. The number of hydrogen-bond acceptors (Lipinski definition) is 7. The molecule has 1 fully saturated rings. The molecule has 1 aliphatic rings. The van der Waals surface area contributed by atoms with E-state index in [1.807, 2.05) is 16.8 Å². The van der Waals surface area contributed by atoms with Crippen molar-refractivity contribution < 1.29 is 0 Å². The van der Waals surface area contributed by atoms with Crippen molar-refractivity contribution in [3.05, 3.63) is 24.2 Å². The monoisotopic (exact) mass is 316 g/mol. The summed E-state index contributed by atoms with van der Waals surface area (Å²) in [7, 11) is 0. The van der Waals surface area contributed by atoms with Crippen LogP contribution in [0, 0.1) is 0 Å². The Morgan fingerprint density at radius 1 is 1.35 bits per heavy atom. The van der Waals surface area contributed by atoms with Crippen LogP contribution in [0.4, 0.5) is 5.82 Å². The van der Waals surface area contributed by atoms with Crippen molar-refractivity contribution >= 4 is 5.82 Å². The molecule has 0 saturated carbocycles. The molecule has 0 aromatic carbocycles. The summed E-state index contributed by atoms with van der Waals surface area (Å²) in [5.74, 6) is 1.86. The zero-order chi connectivity index (χ0) is 15.9. The van der Waals surface area contributed by atoms with E-state index >= 15 is 0 Å². The van der Waals surface area contributed by atoms with Gasteiger partial charge < -0.3 is 10.2 Å². The molecule has 0 amide bonds. The maximum atomic E-state index is 4.21. The van der Waals surface area contributed by atoms with Crippen LogP contribution in [0.15, 0.2) is 18.3 Å². The number of tetrazole rings is 1. The number of hydrogen-bond donors (Lipinski definition) is 1. The number of aryl methyl sites for hydroxylation is 1. The first-order valence-electron chi connectivity index (χ1n) is 8.38. The molecule has 1 unspecified atom stereocenters. The largest absolute Gasteiger partial charge is 0.354 e. The molecule has 1 N–H and O–H groups in total. The van der Waals surface area contributed by atoms with E-state index in [-0.39, 0.29) is 0 Å². The molecule has 8 heteroatoms. The quantitative estimate of drug-likeness (QED) is 0.816. The van der Waals surface area contributed by atoms with Gasteiger partial charge in [0.1, 0.15) is 0 Å². The van der Waals surface area contributed by atoms with Crippen LogP contribution in [-0.2, 0) is 13.1 Å². The van der Waals surface area contributed by atoms with Crippen molar-refractivity contribution in [3.63, 3.8) is 0 Å². The number of anilines is 1. The van der Waals surface area contributed by atoms with Crippen LogP contribution in [0.3, 0.4) is 0 Å². The third-order valence-corrected chi connectivity index (χ3v) is 4.18. The highest BCUT2D eigenvalue weighted by molar-refractivity contribution is 5.37. The summed E-state index contributed by atoms with van der Waals surface area (Å²) in [5, 5.41) is 23.8. The Labute approximate surface area is 136 Å². The molecule has 3 heterocycles. The highest BCUT2D eigenvalue weighted by Gasteiger charge is 2.21. The molecule has 0 radical (unpaired) electrons. The van der Waals surface area contributed by atoms with Gasteiger partial charge in [-0.15, -0.1) is 10.2 Å². The van der Waals surface area contributed by atoms with Crippen molar-refractivity contribution in [1.82, 2.24) is 35.7 Å². The molecule has 1 saturated heterocycles. The summed E-state index contributed by atoms with van der Waals surface area (Å²) >= 11 is 0. The molecule has 0 aliphatic carbocycles. The average Bonchev–Trinajstić information content (AvgIpc) is 3.06. The van der Waals surface area contributed by atoms with E-state index in [0.717, 1.165) is 57.0 Å². The highest BCUT2D eigenvalue weighted by atomic mass is 15.5. The summed E-state index contributed by atoms with van der Waals surface area (Å²) in [6, 6.07) is 4.36. The molecule has 1 atom stereocenters. The summed E-state index contributed by atoms with van der Waals surface area (Å²) in [4.78, 5) is 2.29. The van der Waals surface area contributed by atoms with Crippen molar-refractivity contribution in [3.8, 4) is 0 Å². The highest BCUT2D eigenvalue weighted by Crippen LogP contribution is 2.16. The minimum Gasteiger partial charge on any atom is -0.354 e. The lowest BCUT2D eigenvalue weighted by Crippen LogP contribution is -2.46. The fourth-order valence-electron chi connectivity index (χ4n) is 2.88. The van der Waals surface area contributed by atoms with Gasteiger partial charge >= 0.3 is 0 Å². The minimum absolute atomic E-state index is 0.419. The second-order valence-corrected chi connectivity index (χ2v) is 5.92. The summed E-state index contributed by atoms with van der Waals surface area (Å²) < 4.78 is 1.90. The van der Waals surface area contributed by atoms with Gasteiger partial charge in [0.15, 0.2) is 11.6 Å². The van der Waals surface area contributed by atoms with Crippen LogP contribution >= 0.6 is 0 Å². The lowest BCUT2D eigenvalue weighted by Gasteiger charge is -2.33. The fraction of sp³-hybridized carbons (Fsp3) is 0.667. The predicted molar refractivity (Wildman–Crippen MR) is 86.8 cm³/mol. The van der Waals surface area contributed by atoms with Gasteiger partial charge in [-0.1, -0.05) is 13.3 Å².